The molecule has 1 aromatic carbocycles. The zero-order chi connectivity index (χ0) is 13.2. The maximum absolute atomic E-state index is 12.5. The number of hydrazine groups is 1. The molecule has 1 unspecified atom stereocenters. The monoisotopic (exact) mass is 258 g/mol. The van der Waals surface area contributed by atoms with E-state index in [1.54, 1.807) is 0 Å². The van der Waals surface area contributed by atoms with Gasteiger partial charge < -0.3 is 0 Å². The molecule has 1 aliphatic rings. The van der Waals surface area contributed by atoms with Crippen LogP contribution < -0.4 is 11.3 Å². The van der Waals surface area contributed by atoms with Crippen LogP contribution in [0.5, 0.6) is 0 Å². The Kier molecular flexibility index (Phi) is 3.92. The Morgan fingerprint density at radius 1 is 1.11 bits per heavy atom. The van der Waals surface area contributed by atoms with Crippen molar-refractivity contribution in [3.63, 3.8) is 0 Å². The van der Waals surface area contributed by atoms with E-state index in [1.165, 1.54) is 25.0 Å². The van der Waals surface area contributed by atoms with Crippen LogP contribution in [-0.4, -0.2) is 0 Å². The number of nitrogens with two attached hydrogens (primary N) is 1. The fraction of sp³-hybridized carbons (Fsp3) is 0.538. The molecular formula is C13H17F3N2. The predicted octanol–water partition coefficient (Wildman–Crippen LogP) is 3.40. The summed E-state index contributed by atoms with van der Waals surface area (Å²) < 4.78 is 37.4. The summed E-state index contributed by atoms with van der Waals surface area (Å²) >= 11 is 0. The highest BCUT2D eigenvalue weighted by atomic mass is 19.4. The van der Waals surface area contributed by atoms with Gasteiger partial charge in [-0.05, 0) is 36.5 Å². The maximum atomic E-state index is 12.5. The van der Waals surface area contributed by atoms with Gasteiger partial charge in [-0.1, -0.05) is 25.0 Å². The summed E-state index contributed by atoms with van der Waals surface area (Å²) in [5.74, 6) is 5.96. The Hall–Kier alpha value is -1.07. The fourth-order valence-corrected chi connectivity index (χ4v) is 2.67. The van der Waals surface area contributed by atoms with Crippen molar-refractivity contribution in [3.05, 3.63) is 35.4 Å². The molecule has 0 spiro atoms. The fourth-order valence-electron chi connectivity index (χ4n) is 2.67. The molecule has 2 nitrogen and oxygen atoms in total. The van der Waals surface area contributed by atoms with Crippen molar-refractivity contribution in [2.45, 2.75) is 37.9 Å². The first-order chi connectivity index (χ1) is 8.52. The number of alkyl halides is 3. The van der Waals surface area contributed by atoms with Crippen LogP contribution in [-0.2, 0) is 6.18 Å². The van der Waals surface area contributed by atoms with Crippen molar-refractivity contribution >= 4 is 0 Å². The van der Waals surface area contributed by atoms with Crippen LogP contribution in [0, 0.1) is 5.92 Å². The zero-order valence-electron chi connectivity index (χ0n) is 10.0. The summed E-state index contributed by atoms with van der Waals surface area (Å²) in [5.41, 5.74) is 2.95. The minimum absolute atomic E-state index is 0.0465. The van der Waals surface area contributed by atoms with E-state index in [0.717, 1.165) is 30.5 Å². The molecule has 1 saturated carbocycles. The Balaban J connectivity index is 2.16. The first-order valence-electron chi connectivity index (χ1n) is 6.15. The predicted molar refractivity (Wildman–Crippen MR) is 63.5 cm³/mol. The Morgan fingerprint density at radius 3 is 2.11 bits per heavy atom. The third-order valence-corrected chi connectivity index (χ3v) is 3.65. The lowest BCUT2D eigenvalue weighted by Gasteiger charge is -2.23. The second-order valence-electron chi connectivity index (χ2n) is 4.81. The second-order valence-corrected chi connectivity index (χ2v) is 4.81. The smallest absolute Gasteiger partial charge is 0.271 e. The van der Waals surface area contributed by atoms with Crippen LogP contribution >= 0.6 is 0 Å². The molecule has 1 aromatic rings. The summed E-state index contributed by atoms with van der Waals surface area (Å²) in [6, 6.07) is 5.23. The van der Waals surface area contributed by atoms with Crippen molar-refractivity contribution in [2.75, 3.05) is 0 Å². The van der Waals surface area contributed by atoms with Gasteiger partial charge in [0.2, 0.25) is 0 Å². The molecule has 0 aromatic heterocycles. The van der Waals surface area contributed by atoms with Crippen LogP contribution in [0.25, 0.3) is 0 Å². The number of benzene rings is 1. The number of hydrogen-bond acceptors (Lipinski definition) is 2. The van der Waals surface area contributed by atoms with Crippen molar-refractivity contribution in [3.8, 4) is 0 Å². The van der Waals surface area contributed by atoms with Gasteiger partial charge in [0.1, 0.15) is 0 Å². The van der Waals surface area contributed by atoms with Crippen molar-refractivity contribution < 1.29 is 13.2 Å². The third kappa shape index (κ3) is 2.84. The van der Waals surface area contributed by atoms with Crippen molar-refractivity contribution in [1.82, 2.24) is 5.43 Å². The SMILES string of the molecule is NNC(c1ccc(C(F)(F)F)cc1)C1CCCC1. The topological polar surface area (TPSA) is 38.0 Å². The van der Waals surface area contributed by atoms with E-state index in [1.807, 2.05) is 0 Å². The molecule has 18 heavy (non-hydrogen) atoms. The van der Waals surface area contributed by atoms with E-state index >= 15 is 0 Å². The van der Waals surface area contributed by atoms with E-state index in [2.05, 4.69) is 5.43 Å². The summed E-state index contributed by atoms with van der Waals surface area (Å²) in [4.78, 5) is 0. The van der Waals surface area contributed by atoms with Crippen LogP contribution in [0.3, 0.4) is 0 Å². The summed E-state index contributed by atoms with van der Waals surface area (Å²) in [7, 11) is 0. The molecule has 2 rings (SSSR count). The van der Waals surface area contributed by atoms with Gasteiger partial charge in [-0.3, -0.25) is 11.3 Å². The summed E-state index contributed by atoms with van der Waals surface area (Å²) in [6.07, 6.45) is 0.219. The van der Waals surface area contributed by atoms with E-state index < -0.39 is 11.7 Å². The average molecular weight is 258 g/mol. The van der Waals surface area contributed by atoms with Gasteiger partial charge >= 0.3 is 6.18 Å². The lowest BCUT2D eigenvalue weighted by atomic mass is 9.91. The summed E-state index contributed by atoms with van der Waals surface area (Å²) in [5, 5.41) is 0. The van der Waals surface area contributed by atoms with Crippen molar-refractivity contribution in [2.24, 2.45) is 11.8 Å². The number of nitrogens with one attached hydrogen (secondary N) is 1. The van der Waals surface area contributed by atoms with Crippen LogP contribution in [0.2, 0.25) is 0 Å². The zero-order valence-corrected chi connectivity index (χ0v) is 10.0. The highest BCUT2D eigenvalue weighted by molar-refractivity contribution is 5.27. The van der Waals surface area contributed by atoms with Gasteiger partial charge in [0, 0.05) is 6.04 Å². The molecule has 0 aliphatic heterocycles. The molecule has 1 atom stereocenters. The highest BCUT2D eigenvalue weighted by Gasteiger charge is 2.31. The number of hydrogen-bond donors (Lipinski definition) is 2. The lowest BCUT2D eigenvalue weighted by Crippen LogP contribution is -2.32. The summed E-state index contributed by atoms with van der Waals surface area (Å²) in [6.45, 7) is 0. The van der Waals surface area contributed by atoms with Crippen LogP contribution in [0.4, 0.5) is 13.2 Å². The Bertz CT molecular complexity index is 380. The standard InChI is InChI=1S/C13H17F3N2/c14-13(15,16)11-7-5-10(6-8-11)12(18-17)9-3-1-2-4-9/h5-9,12,18H,1-4,17H2. The van der Waals surface area contributed by atoms with Gasteiger partial charge in [0.15, 0.2) is 0 Å². The molecule has 0 saturated heterocycles. The molecule has 3 N–H and O–H groups in total. The first-order valence-corrected chi connectivity index (χ1v) is 6.15. The molecule has 1 fully saturated rings. The quantitative estimate of drug-likeness (QED) is 0.644. The van der Waals surface area contributed by atoms with E-state index in [4.69, 9.17) is 5.84 Å². The lowest BCUT2D eigenvalue weighted by molar-refractivity contribution is -0.137. The maximum Gasteiger partial charge on any atom is 0.416 e. The molecular weight excluding hydrogens is 241 g/mol. The van der Waals surface area contributed by atoms with E-state index in [-0.39, 0.29) is 6.04 Å². The Labute approximate surface area is 104 Å². The number of rotatable bonds is 3. The molecule has 100 valence electrons. The highest BCUT2D eigenvalue weighted by Crippen LogP contribution is 2.36. The second kappa shape index (κ2) is 5.28. The number of halogens is 3. The molecule has 0 bridgehead atoms. The van der Waals surface area contributed by atoms with E-state index in [0.29, 0.717) is 5.92 Å². The molecule has 0 amide bonds. The van der Waals surface area contributed by atoms with Gasteiger partial charge in [0.05, 0.1) is 5.56 Å². The van der Waals surface area contributed by atoms with Crippen LogP contribution in [0.15, 0.2) is 24.3 Å². The van der Waals surface area contributed by atoms with E-state index in [9.17, 15) is 13.2 Å². The van der Waals surface area contributed by atoms with Gasteiger partial charge in [0.25, 0.3) is 0 Å². The van der Waals surface area contributed by atoms with Gasteiger partial charge in [-0.25, -0.2) is 0 Å². The van der Waals surface area contributed by atoms with Gasteiger partial charge in [-0.2, -0.15) is 13.2 Å². The molecule has 0 radical (unpaired) electrons. The Morgan fingerprint density at radius 2 is 1.67 bits per heavy atom. The third-order valence-electron chi connectivity index (χ3n) is 3.65. The largest absolute Gasteiger partial charge is 0.416 e. The molecule has 5 heteroatoms. The minimum atomic E-state index is -4.28. The molecule has 1 aliphatic carbocycles. The van der Waals surface area contributed by atoms with Crippen molar-refractivity contribution in [1.29, 1.82) is 0 Å². The first kappa shape index (κ1) is 13.4. The molecule has 0 heterocycles. The normalized spacial score (nSPS) is 19.1. The van der Waals surface area contributed by atoms with Crippen LogP contribution in [0.1, 0.15) is 42.9 Å². The van der Waals surface area contributed by atoms with Gasteiger partial charge in [-0.15, -0.1) is 0 Å². The minimum Gasteiger partial charge on any atom is -0.271 e. The average Bonchev–Trinajstić information content (AvgIpc) is 2.83.